The van der Waals surface area contributed by atoms with Crippen LogP contribution in [0.25, 0.3) is 0 Å². The lowest BCUT2D eigenvalue weighted by atomic mass is 9.95. The van der Waals surface area contributed by atoms with E-state index in [4.69, 9.17) is 0 Å². The van der Waals surface area contributed by atoms with Gasteiger partial charge in [0, 0.05) is 13.0 Å². The van der Waals surface area contributed by atoms with Crippen LogP contribution in [-0.2, 0) is 4.79 Å². The molecule has 0 rings (SSSR count). The molecule has 0 saturated heterocycles. The number of unbranched alkanes of at least 4 members (excludes halogenated alkanes) is 5. The number of carbonyl (C=O) groups excluding carboxylic acids is 1. The molecular weight excluding hydrogens is 324 g/mol. The van der Waals surface area contributed by atoms with E-state index in [-0.39, 0.29) is 17.9 Å². The van der Waals surface area contributed by atoms with Crippen molar-refractivity contribution in [2.75, 3.05) is 26.2 Å². The van der Waals surface area contributed by atoms with Gasteiger partial charge in [0.15, 0.2) is 0 Å². The first-order valence-corrected chi connectivity index (χ1v) is 11.2. The molecular formula is C22H46N2O2. The predicted molar refractivity (Wildman–Crippen MR) is 112 cm³/mol. The number of nitrogens with one attached hydrogen (secondary N) is 1. The van der Waals surface area contributed by atoms with Gasteiger partial charge in [-0.05, 0) is 51.2 Å². The highest BCUT2D eigenvalue weighted by atomic mass is 16.3. The number of amides is 1. The molecule has 0 aromatic heterocycles. The van der Waals surface area contributed by atoms with Crippen LogP contribution in [0.1, 0.15) is 98.3 Å². The number of aliphatic hydroxyl groups is 1. The zero-order valence-electron chi connectivity index (χ0n) is 18.1. The van der Waals surface area contributed by atoms with Crippen molar-refractivity contribution in [1.82, 2.24) is 10.2 Å². The number of hydrogen-bond donors (Lipinski definition) is 2. The van der Waals surface area contributed by atoms with Crippen LogP contribution in [0.2, 0.25) is 0 Å². The largest absolute Gasteiger partial charge is 0.393 e. The van der Waals surface area contributed by atoms with Crippen molar-refractivity contribution < 1.29 is 9.90 Å². The topological polar surface area (TPSA) is 52.6 Å². The third-order valence-corrected chi connectivity index (χ3v) is 5.15. The van der Waals surface area contributed by atoms with Gasteiger partial charge in [0.25, 0.3) is 0 Å². The summed E-state index contributed by atoms with van der Waals surface area (Å²) in [5, 5.41) is 13.2. The Morgan fingerprint density at radius 3 is 2.04 bits per heavy atom. The maximum absolute atomic E-state index is 12.1. The van der Waals surface area contributed by atoms with Gasteiger partial charge in [-0.1, -0.05) is 66.2 Å². The molecule has 0 spiro atoms. The third-order valence-electron chi connectivity index (χ3n) is 5.15. The van der Waals surface area contributed by atoms with Gasteiger partial charge in [-0.15, -0.1) is 0 Å². The molecule has 4 heteroatoms. The summed E-state index contributed by atoms with van der Waals surface area (Å²) in [5.74, 6) is 0.126. The molecule has 0 aliphatic carbocycles. The maximum atomic E-state index is 12.1. The summed E-state index contributed by atoms with van der Waals surface area (Å²) in [6.07, 6.45) is 11.6. The zero-order valence-corrected chi connectivity index (χ0v) is 18.1. The fourth-order valence-electron chi connectivity index (χ4n) is 3.19. The Morgan fingerprint density at radius 2 is 1.46 bits per heavy atom. The van der Waals surface area contributed by atoms with Crippen molar-refractivity contribution in [1.29, 1.82) is 0 Å². The molecule has 26 heavy (non-hydrogen) atoms. The van der Waals surface area contributed by atoms with E-state index in [1.807, 2.05) is 6.92 Å². The Kier molecular flexibility index (Phi) is 17.4. The number of carbonyl (C=O) groups is 1. The first-order valence-electron chi connectivity index (χ1n) is 11.2. The van der Waals surface area contributed by atoms with Gasteiger partial charge < -0.3 is 15.3 Å². The Morgan fingerprint density at radius 1 is 0.885 bits per heavy atom. The van der Waals surface area contributed by atoms with Crippen molar-refractivity contribution >= 4 is 5.91 Å². The molecule has 0 aliphatic heterocycles. The Bertz CT molecular complexity index is 315. The number of rotatable bonds is 18. The lowest BCUT2D eigenvalue weighted by Gasteiger charge is -2.22. The average Bonchev–Trinajstić information content (AvgIpc) is 2.63. The van der Waals surface area contributed by atoms with Gasteiger partial charge in [0.2, 0.25) is 5.91 Å². The molecule has 0 heterocycles. The number of nitrogens with zero attached hydrogens (tertiary/aromatic N) is 1. The minimum atomic E-state index is -0.351. The van der Waals surface area contributed by atoms with Gasteiger partial charge in [-0.2, -0.15) is 0 Å². The van der Waals surface area contributed by atoms with Crippen molar-refractivity contribution in [2.45, 2.75) is 104 Å². The minimum Gasteiger partial charge on any atom is -0.393 e. The second-order valence-corrected chi connectivity index (χ2v) is 7.85. The summed E-state index contributed by atoms with van der Waals surface area (Å²) in [4.78, 5) is 14.6. The summed E-state index contributed by atoms with van der Waals surface area (Å²) in [7, 11) is 0. The molecule has 0 saturated carbocycles. The van der Waals surface area contributed by atoms with E-state index in [1.165, 1.54) is 58.0 Å². The fourth-order valence-corrected chi connectivity index (χ4v) is 3.19. The fraction of sp³-hybridized carbons (Fsp3) is 0.955. The Labute approximate surface area is 163 Å². The highest BCUT2D eigenvalue weighted by Gasteiger charge is 2.17. The van der Waals surface area contributed by atoms with Crippen LogP contribution in [-0.4, -0.2) is 48.2 Å². The van der Waals surface area contributed by atoms with E-state index in [0.717, 1.165) is 32.4 Å². The van der Waals surface area contributed by atoms with Crippen molar-refractivity contribution in [3.63, 3.8) is 0 Å². The summed E-state index contributed by atoms with van der Waals surface area (Å²) in [5.41, 5.74) is 0. The first kappa shape index (κ1) is 25.4. The van der Waals surface area contributed by atoms with Crippen LogP contribution < -0.4 is 5.32 Å². The van der Waals surface area contributed by atoms with Crippen molar-refractivity contribution in [3.8, 4) is 0 Å². The first-order chi connectivity index (χ1) is 12.5. The van der Waals surface area contributed by atoms with Gasteiger partial charge in [0.1, 0.15) is 0 Å². The van der Waals surface area contributed by atoms with E-state index in [1.54, 1.807) is 0 Å². The number of aliphatic hydroxyl groups excluding tert-OH is 1. The zero-order chi connectivity index (χ0) is 19.6. The van der Waals surface area contributed by atoms with Gasteiger partial charge in [0.05, 0.1) is 6.10 Å². The lowest BCUT2D eigenvalue weighted by molar-refractivity contribution is -0.122. The predicted octanol–water partition coefficient (Wildman–Crippen LogP) is 4.75. The monoisotopic (exact) mass is 370 g/mol. The summed E-state index contributed by atoms with van der Waals surface area (Å²) < 4.78 is 0. The number of hydrogen-bond acceptors (Lipinski definition) is 3. The Balaban J connectivity index is 3.87. The molecule has 4 nitrogen and oxygen atoms in total. The standard InChI is InChI=1S/C22H46N2O2/c1-5-8-11-12-14-21(25)20(4)19-22(26)23-15-13-18-24(16-9-6-2)17-10-7-3/h20-21,25H,5-19H2,1-4H3,(H,23,26). The van der Waals surface area contributed by atoms with Crippen LogP contribution in [0, 0.1) is 5.92 Å². The molecule has 2 unspecified atom stereocenters. The lowest BCUT2D eigenvalue weighted by Crippen LogP contribution is -2.33. The second kappa shape index (κ2) is 17.8. The molecule has 156 valence electrons. The summed E-state index contributed by atoms with van der Waals surface area (Å²) >= 11 is 0. The highest BCUT2D eigenvalue weighted by molar-refractivity contribution is 5.76. The van der Waals surface area contributed by atoms with Gasteiger partial charge in [-0.25, -0.2) is 0 Å². The molecule has 0 bridgehead atoms. The highest BCUT2D eigenvalue weighted by Crippen LogP contribution is 2.15. The quantitative estimate of drug-likeness (QED) is 0.342. The maximum Gasteiger partial charge on any atom is 0.220 e. The average molecular weight is 371 g/mol. The molecule has 0 aromatic carbocycles. The molecule has 0 aromatic rings. The van der Waals surface area contributed by atoms with Crippen molar-refractivity contribution in [2.24, 2.45) is 5.92 Å². The SMILES string of the molecule is CCCCCCC(O)C(C)CC(=O)NCCCN(CCCC)CCCC. The molecule has 1 amide bonds. The van der Waals surface area contributed by atoms with E-state index in [2.05, 4.69) is 31.0 Å². The molecule has 2 N–H and O–H groups in total. The second-order valence-electron chi connectivity index (χ2n) is 7.85. The molecule has 0 fully saturated rings. The molecule has 2 atom stereocenters. The van der Waals surface area contributed by atoms with Crippen LogP contribution in [0.4, 0.5) is 0 Å². The van der Waals surface area contributed by atoms with Crippen LogP contribution in [0.3, 0.4) is 0 Å². The smallest absolute Gasteiger partial charge is 0.220 e. The molecule has 0 aliphatic rings. The van der Waals surface area contributed by atoms with Crippen molar-refractivity contribution in [3.05, 3.63) is 0 Å². The van der Waals surface area contributed by atoms with Crippen LogP contribution in [0.15, 0.2) is 0 Å². The van der Waals surface area contributed by atoms with Crippen LogP contribution in [0.5, 0.6) is 0 Å². The van der Waals surface area contributed by atoms with E-state index in [9.17, 15) is 9.90 Å². The van der Waals surface area contributed by atoms with Gasteiger partial charge in [-0.3, -0.25) is 4.79 Å². The minimum absolute atomic E-state index is 0.0437. The van der Waals surface area contributed by atoms with Gasteiger partial charge >= 0.3 is 0 Å². The summed E-state index contributed by atoms with van der Waals surface area (Å²) in [6.45, 7) is 12.8. The van der Waals surface area contributed by atoms with E-state index >= 15 is 0 Å². The van der Waals surface area contributed by atoms with E-state index in [0.29, 0.717) is 6.42 Å². The van der Waals surface area contributed by atoms with Crippen LogP contribution >= 0.6 is 0 Å². The molecule has 0 radical (unpaired) electrons. The normalized spacial score (nSPS) is 13.8. The van der Waals surface area contributed by atoms with E-state index < -0.39 is 0 Å². The Hall–Kier alpha value is -0.610. The third kappa shape index (κ3) is 14.5. The summed E-state index contributed by atoms with van der Waals surface area (Å²) in [6, 6.07) is 0.